The highest BCUT2D eigenvalue weighted by atomic mass is 16.5. The molecule has 2 aromatic rings. The van der Waals surface area contributed by atoms with E-state index in [-0.39, 0.29) is 11.6 Å². The van der Waals surface area contributed by atoms with Gasteiger partial charge in [-0.05, 0) is 18.2 Å². The van der Waals surface area contributed by atoms with Gasteiger partial charge in [0.15, 0.2) is 5.69 Å². The van der Waals surface area contributed by atoms with Crippen LogP contribution in [0.3, 0.4) is 0 Å². The smallest absolute Gasteiger partial charge is 0.358 e. The maximum absolute atomic E-state index is 12.0. The van der Waals surface area contributed by atoms with E-state index in [1.165, 1.54) is 26.2 Å². The van der Waals surface area contributed by atoms with Gasteiger partial charge in [0.2, 0.25) is 5.91 Å². The molecule has 0 unspecified atom stereocenters. The van der Waals surface area contributed by atoms with Crippen LogP contribution in [-0.2, 0) is 9.53 Å². The predicted octanol–water partition coefficient (Wildman–Crippen LogP) is 0.977. The summed E-state index contributed by atoms with van der Waals surface area (Å²) in [5.74, 6) is -0.930. The van der Waals surface area contributed by atoms with Crippen LogP contribution in [0.2, 0.25) is 0 Å². The molecule has 0 atom stereocenters. The Bertz CT molecular complexity index is 752. The molecule has 7 nitrogen and oxygen atoms in total. The van der Waals surface area contributed by atoms with Crippen LogP contribution >= 0.6 is 0 Å². The van der Waals surface area contributed by atoms with E-state index in [2.05, 4.69) is 15.2 Å². The van der Waals surface area contributed by atoms with Gasteiger partial charge in [0, 0.05) is 13.0 Å². The number of methoxy groups -OCH3 is 1. The average molecular weight is 287 g/mol. The highest BCUT2D eigenvalue weighted by molar-refractivity contribution is 5.91. The number of benzene rings is 1. The van der Waals surface area contributed by atoms with Gasteiger partial charge in [-0.3, -0.25) is 9.59 Å². The van der Waals surface area contributed by atoms with Gasteiger partial charge in [0.05, 0.1) is 18.5 Å². The zero-order chi connectivity index (χ0) is 15.4. The van der Waals surface area contributed by atoms with Crippen molar-refractivity contribution < 1.29 is 14.3 Å². The van der Waals surface area contributed by atoms with E-state index in [0.29, 0.717) is 11.4 Å². The van der Waals surface area contributed by atoms with Crippen molar-refractivity contribution in [2.75, 3.05) is 12.4 Å². The van der Waals surface area contributed by atoms with E-state index in [4.69, 9.17) is 0 Å². The zero-order valence-corrected chi connectivity index (χ0v) is 11.5. The highest BCUT2D eigenvalue weighted by Crippen LogP contribution is 2.17. The van der Waals surface area contributed by atoms with E-state index >= 15 is 0 Å². The molecule has 21 heavy (non-hydrogen) atoms. The summed E-state index contributed by atoms with van der Waals surface area (Å²) in [5, 5.41) is 6.57. The molecule has 0 aliphatic heterocycles. The van der Waals surface area contributed by atoms with Gasteiger partial charge in [0.1, 0.15) is 0 Å². The van der Waals surface area contributed by atoms with Gasteiger partial charge in [0.25, 0.3) is 5.56 Å². The number of para-hydroxylation sites is 2. The Balaban J connectivity index is 2.59. The van der Waals surface area contributed by atoms with Crippen molar-refractivity contribution in [1.82, 2.24) is 9.78 Å². The summed E-state index contributed by atoms with van der Waals surface area (Å²) in [6.07, 6.45) is 0. The largest absolute Gasteiger partial charge is 0.464 e. The Hall–Kier alpha value is -2.96. The molecule has 1 aromatic carbocycles. The second-order valence-corrected chi connectivity index (χ2v) is 4.16. The van der Waals surface area contributed by atoms with Crippen molar-refractivity contribution in [3.05, 3.63) is 52.4 Å². The van der Waals surface area contributed by atoms with E-state index in [1.54, 1.807) is 24.3 Å². The van der Waals surface area contributed by atoms with Crippen molar-refractivity contribution in [1.29, 1.82) is 0 Å². The van der Waals surface area contributed by atoms with Crippen LogP contribution in [0.5, 0.6) is 0 Å². The number of carbonyl (C=O) groups is 2. The minimum absolute atomic E-state index is 0.00488. The number of nitrogens with one attached hydrogen (secondary N) is 1. The topological polar surface area (TPSA) is 90.3 Å². The zero-order valence-electron chi connectivity index (χ0n) is 11.5. The van der Waals surface area contributed by atoms with Gasteiger partial charge in [-0.15, -0.1) is 0 Å². The molecule has 1 amide bonds. The molecule has 0 saturated heterocycles. The van der Waals surface area contributed by atoms with Gasteiger partial charge < -0.3 is 10.1 Å². The molecule has 108 valence electrons. The second kappa shape index (κ2) is 6.00. The molecule has 1 N–H and O–H groups in total. The summed E-state index contributed by atoms with van der Waals surface area (Å²) >= 11 is 0. The average Bonchev–Trinajstić information content (AvgIpc) is 2.47. The third kappa shape index (κ3) is 3.14. The van der Waals surface area contributed by atoms with Gasteiger partial charge in [-0.1, -0.05) is 12.1 Å². The summed E-state index contributed by atoms with van der Waals surface area (Å²) in [6.45, 7) is 1.36. The SMILES string of the molecule is COC(=O)c1ccc(=O)n(-c2ccccc2NC(C)=O)n1. The van der Waals surface area contributed by atoms with Gasteiger partial charge in [-0.25, -0.2) is 4.79 Å². The molecule has 0 radical (unpaired) electrons. The lowest BCUT2D eigenvalue weighted by Crippen LogP contribution is -2.24. The normalized spacial score (nSPS) is 10.0. The summed E-state index contributed by atoms with van der Waals surface area (Å²) in [7, 11) is 1.23. The first kappa shape index (κ1) is 14.4. The molecule has 0 bridgehead atoms. The number of amides is 1. The molecular formula is C14H13N3O4. The number of anilines is 1. The number of carbonyl (C=O) groups excluding carboxylic acids is 2. The fourth-order valence-electron chi connectivity index (χ4n) is 1.75. The second-order valence-electron chi connectivity index (χ2n) is 4.16. The molecule has 1 heterocycles. The summed E-state index contributed by atoms with van der Waals surface area (Å²) in [6, 6.07) is 9.15. The molecule has 1 aromatic heterocycles. The third-order valence-electron chi connectivity index (χ3n) is 2.64. The number of rotatable bonds is 3. The Kier molecular flexibility index (Phi) is 4.13. The maximum Gasteiger partial charge on any atom is 0.358 e. The lowest BCUT2D eigenvalue weighted by Gasteiger charge is -2.11. The first-order chi connectivity index (χ1) is 10.0. The van der Waals surface area contributed by atoms with Crippen LogP contribution in [0.15, 0.2) is 41.2 Å². The molecule has 0 saturated carbocycles. The van der Waals surface area contributed by atoms with E-state index in [0.717, 1.165) is 4.68 Å². The monoisotopic (exact) mass is 287 g/mol. The third-order valence-corrected chi connectivity index (χ3v) is 2.64. The van der Waals surface area contributed by atoms with E-state index in [1.807, 2.05) is 0 Å². The highest BCUT2D eigenvalue weighted by Gasteiger charge is 2.13. The van der Waals surface area contributed by atoms with Crippen molar-refractivity contribution in [2.24, 2.45) is 0 Å². The van der Waals surface area contributed by atoms with E-state index in [9.17, 15) is 14.4 Å². The molecule has 7 heteroatoms. The standard InChI is InChI=1S/C14H13N3O4/c1-9(18)15-10-5-3-4-6-12(10)17-13(19)8-7-11(16-17)14(20)21-2/h3-8H,1-2H3,(H,15,18). The van der Waals surface area contributed by atoms with Crippen molar-refractivity contribution in [3.63, 3.8) is 0 Å². The number of hydrogen-bond acceptors (Lipinski definition) is 5. The number of esters is 1. The Morgan fingerprint density at radius 3 is 2.57 bits per heavy atom. The summed E-state index contributed by atoms with van der Waals surface area (Å²) in [5.41, 5.74) is 0.347. The molecule has 0 aliphatic carbocycles. The number of aromatic nitrogens is 2. The van der Waals surface area contributed by atoms with Crippen molar-refractivity contribution >= 4 is 17.6 Å². The Morgan fingerprint density at radius 1 is 1.19 bits per heavy atom. The van der Waals surface area contributed by atoms with Crippen LogP contribution in [0.4, 0.5) is 5.69 Å². The van der Waals surface area contributed by atoms with Gasteiger partial charge >= 0.3 is 5.97 Å². The van der Waals surface area contributed by atoms with Gasteiger partial charge in [-0.2, -0.15) is 9.78 Å². The number of ether oxygens (including phenoxy) is 1. The molecule has 2 rings (SSSR count). The maximum atomic E-state index is 12.0. The van der Waals surface area contributed by atoms with Crippen LogP contribution in [-0.4, -0.2) is 28.8 Å². The van der Waals surface area contributed by atoms with E-state index < -0.39 is 11.5 Å². The predicted molar refractivity (Wildman–Crippen MR) is 75.5 cm³/mol. The first-order valence-electron chi connectivity index (χ1n) is 6.08. The summed E-state index contributed by atoms with van der Waals surface area (Å²) < 4.78 is 5.61. The molecule has 0 fully saturated rings. The molecule has 0 spiro atoms. The Labute approximate surface area is 120 Å². The minimum Gasteiger partial charge on any atom is -0.464 e. The van der Waals surface area contributed by atoms with Crippen LogP contribution in [0, 0.1) is 0 Å². The van der Waals surface area contributed by atoms with Crippen LogP contribution in [0.25, 0.3) is 5.69 Å². The number of nitrogens with zero attached hydrogens (tertiary/aromatic N) is 2. The first-order valence-corrected chi connectivity index (χ1v) is 6.08. The minimum atomic E-state index is -0.652. The quantitative estimate of drug-likeness (QED) is 0.850. The lowest BCUT2D eigenvalue weighted by molar-refractivity contribution is -0.114. The Morgan fingerprint density at radius 2 is 1.90 bits per heavy atom. The van der Waals surface area contributed by atoms with Crippen molar-refractivity contribution in [2.45, 2.75) is 6.92 Å². The molecular weight excluding hydrogens is 274 g/mol. The van der Waals surface area contributed by atoms with Crippen molar-refractivity contribution in [3.8, 4) is 5.69 Å². The van der Waals surface area contributed by atoms with Crippen LogP contribution in [0.1, 0.15) is 17.4 Å². The molecule has 0 aliphatic rings. The lowest BCUT2D eigenvalue weighted by atomic mass is 10.2. The summed E-state index contributed by atoms with van der Waals surface area (Å²) in [4.78, 5) is 34.7. The fraction of sp³-hybridized carbons (Fsp3) is 0.143. The fourth-order valence-corrected chi connectivity index (χ4v) is 1.75. The number of hydrogen-bond donors (Lipinski definition) is 1. The van der Waals surface area contributed by atoms with Crippen LogP contribution < -0.4 is 10.9 Å².